The quantitative estimate of drug-likeness (QED) is 0.211. The maximum Gasteiger partial charge on any atom is 0.404 e. The highest BCUT2D eigenvalue weighted by molar-refractivity contribution is 9.10. The smallest absolute Gasteiger partial charge is 0.404 e. The molecule has 0 fully saturated rings. The van der Waals surface area contributed by atoms with Gasteiger partial charge in [-0.2, -0.15) is 9.67 Å². The van der Waals surface area contributed by atoms with Crippen molar-refractivity contribution in [1.82, 2.24) is 30.6 Å². The molecule has 2 heterocycles. The summed E-state index contributed by atoms with van der Waals surface area (Å²) in [7, 11) is 1.59. The minimum Gasteiger partial charge on any atom is -0.497 e. The van der Waals surface area contributed by atoms with Crippen molar-refractivity contribution in [3.63, 3.8) is 0 Å². The summed E-state index contributed by atoms with van der Waals surface area (Å²) < 4.78 is 11.6. The lowest BCUT2D eigenvalue weighted by Crippen LogP contribution is -2.34. The number of nitro groups is 1. The summed E-state index contributed by atoms with van der Waals surface area (Å²) in [5.74, 6) is -0.448. The number of halogens is 1. The lowest BCUT2D eigenvalue weighted by atomic mass is 10.1. The van der Waals surface area contributed by atoms with E-state index in [4.69, 9.17) is 9.26 Å². The topological polar surface area (TPSA) is 167 Å². The van der Waals surface area contributed by atoms with Crippen LogP contribution in [0.3, 0.4) is 0 Å². The molecule has 13 nitrogen and oxygen atoms in total. The third-order valence-electron chi connectivity index (χ3n) is 4.78. The van der Waals surface area contributed by atoms with Gasteiger partial charge in [-0.25, -0.2) is 0 Å². The number of amides is 2. The molecule has 0 bridgehead atoms. The molecule has 0 radical (unpaired) electrons. The maximum atomic E-state index is 12.2. The number of ether oxygens (including phenoxy) is 1. The van der Waals surface area contributed by atoms with Crippen molar-refractivity contribution in [1.29, 1.82) is 0 Å². The van der Waals surface area contributed by atoms with Gasteiger partial charge in [-0.3, -0.25) is 9.59 Å². The SMILES string of the molecule is COc1ccc(CCC(=O)NCCNC(=O)c2nc(Cn3nc([N+](=O)[O-])c(Br)c3C)no2)cc1. The number of aromatic nitrogens is 4. The van der Waals surface area contributed by atoms with Gasteiger partial charge in [0.2, 0.25) is 5.91 Å². The zero-order valence-corrected chi connectivity index (χ0v) is 20.0. The van der Waals surface area contributed by atoms with Crippen LogP contribution in [0.25, 0.3) is 0 Å². The third-order valence-corrected chi connectivity index (χ3v) is 5.70. The van der Waals surface area contributed by atoms with Crippen molar-refractivity contribution < 1.29 is 23.8 Å². The number of carbonyl (C=O) groups is 2. The summed E-state index contributed by atoms with van der Waals surface area (Å²) in [5, 5.41) is 23.9. The van der Waals surface area contributed by atoms with Crippen LogP contribution in [0.5, 0.6) is 5.75 Å². The van der Waals surface area contributed by atoms with E-state index in [9.17, 15) is 19.7 Å². The summed E-state index contributed by atoms with van der Waals surface area (Å²) in [4.78, 5) is 38.5. The molecule has 0 aliphatic carbocycles. The van der Waals surface area contributed by atoms with E-state index in [-0.39, 0.29) is 47.5 Å². The van der Waals surface area contributed by atoms with Crippen LogP contribution < -0.4 is 15.4 Å². The molecule has 0 aliphatic heterocycles. The number of rotatable bonds is 11. The first kappa shape index (κ1) is 24.8. The van der Waals surface area contributed by atoms with Gasteiger partial charge in [-0.15, -0.1) is 0 Å². The van der Waals surface area contributed by atoms with Gasteiger partial charge in [0.25, 0.3) is 0 Å². The Balaban J connectivity index is 1.40. The molecule has 3 aromatic rings. The van der Waals surface area contributed by atoms with Crippen LogP contribution in [0.1, 0.15) is 34.2 Å². The molecule has 2 aromatic heterocycles. The van der Waals surface area contributed by atoms with Gasteiger partial charge in [0.05, 0.1) is 17.9 Å². The first-order chi connectivity index (χ1) is 16.3. The first-order valence-electron chi connectivity index (χ1n) is 10.2. The highest BCUT2D eigenvalue weighted by atomic mass is 79.9. The predicted octanol–water partition coefficient (Wildman–Crippen LogP) is 1.78. The van der Waals surface area contributed by atoms with Crippen molar-refractivity contribution in [3.05, 3.63) is 61.8 Å². The van der Waals surface area contributed by atoms with E-state index in [0.717, 1.165) is 11.3 Å². The molecule has 1 aromatic carbocycles. The van der Waals surface area contributed by atoms with Crippen LogP contribution in [0, 0.1) is 17.0 Å². The zero-order valence-electron chi connectivity index (χ0n) is 18.4. The van der Waals surface area contributed by atoms with E-state index in [2.05, 4.69) is 41.8 Å². The predicted molar refractivity (Wildman–Crippen MR) is 121 cm³/mol. The number of hydrogen-bond acceptors (Lipinski definition) is 9. The fourth-order valence-electron chi connectivity index (χ4n) is 2.92. The van der Waals surface area contributed by atoms with Crippen LogP contribution in [0.4, 0.5) is 5.82 Å². The Labute approximate surface area is 202 Å². The van der Waals surface area contributed by atoms with Crippen LogP contribution >= 0.6 is 15.9 Å². The fraction of sp³-hybridized carbons (Fsp3) is 0.350. The number of hydrogen-bond donors (Lipinski definition) is 2. The number of methoxy groups -OCH3 is 1. The number of aryl methyl sites for hydroxylation is 1. The second kappa shape index (κ2) is 11.4. The van der Waals surface area contributed by atoms with Gasteiger partial charge in [0, 0.05) is 19.5 Å². The Kier molecular flexibility index (Phi) is 8.29. The molecule has 0 atom stereocenters. The van der Waals surface area contributed by atoms with Gasteiger partial charge >= 0.3 is 17.6 Å². The number of carbonyl (C=O) groups excluding carboxylic acids is 2. The van der Waals surface area contributed by atoms with Crippen LogP contribution in [-0.2, 0) is 17.8 Å². The second-order valence-electron chi connectivity index (χ2n) is 7.11. The molecule has 0 aliphatic rings. The Morgan fingerprint density at radius 3 is 2.59 bits per heavy atom. The van der Waals surface area contributed by atoms with Crippen molar-refractivity contribution in [3.8, 4) is 5.75 Å². The molecule has 0 unspecified atom stereocenters. The second-order valence-corrected chi connectivity index (χ2v) is 7.90. The molecule has 3 rings (SSSR count). The van der Waals surface area contributed by atoms with E-state index >= 15 is 0 Å². The van der Waals surface area contributed by atoms with Crippen molar-refractivity contribution in [2.24, 2.45) is 0 Å². The Morgan fingerprint density at radius 1 is 1.24 bits per heavy atom. The van der Waals surface area contributed by atoms with E-state index in [0.29, 0.717) is 18.5 Å². The van der Waals surface area contributed by atoms with Crippen molar-refractivity contribution in [2.45, 2.75) is 26.3 Å². The average Bonchev–Trinajstić information content (AvgIpc) is 3.41. The molecule has 2 N–H and O–H groups in total. The van der Waals surface area contributed by atoms with Gasteiger partial charge < -0.3 is 30.0 Å². The fourth-order valence-corrected chi connectivity index (χ4v) is 3.34. The summed E-state index contributed by atoms with van der Waals surface area (Å²) in [6, 6.07) is 7.48. The lowest BCUT2D eigenvalue weighted by Gasteiger charge is -2.06. The van der Waals surface area contributed by atoms with Crippen molar-refractivity contribution in [2.75, 3.05) is 20.2 Å². The lowest BCUT2D eigenvalue weighted by molar-refractivity contribution is -0.390. The first-order valence-corrected chi connectivity index (χ1v) is 11.0. The van der Waals surface area contributed by atoms with Gasteiger partial charge in [0.15, 0.2) is 5.82 Å². The molecule has 0 saturated heterocycles. The Bertz CT molecular complexity index is 1170. The molecule has 34 heavy (non-hydrogen) atoms. The van der Waals surface area contributed by atoms with Gasteiger partial charge in [-0.05, 0) is 51.9 Å². The number of benzene rings is 1. The Hall–Kier alpha value is -3.81. The molecule has 0 spiro atoms. The molecule has 180 valence electrons. The molecule has 0 saturated carbocycles. The largest absolute Gasteiger partial charge is 0.497 e. The van der Waals surface area contributed by atoms with Crippen molar-refractivity contribution >= 4 is 33.6 Å². The third kappa shape index (κ3) is 6.37. The average molecular weight is 536 g/mol. The molecular formula is C20H22BrN7O6. The number of nitrogens with zero attached hydrogens (tertiary/aromatic N) is 5. The van der Waals surface area contributed by atoms with Gasteiger partial charge in [-0.1, -0.05) is 17.3 Å². The van der Waals surface area contributed by atoms with Crippen LogP contribution in [0.2, 0.25) is 0 Å². The highest BCUT2D eigenvalue weighted by Crippen LogP contribution is 2.27. The van der Waals surface area contributed by atoms with E-state index in [1.807, 2.05) is 24.3 Å². The minimum atomic E-state index is -0.611. The van der Waals surface area contributed by atoms with Gasteiger partial charge in [0.1, 0.15) is 16.8 Å². The monoisotopic (exact) mass is 535 g/mol. The van der Waals surface area contributed by atoms with E-state index in [1.165, 1.54) is 4.68 Å². The van der Waals surface area contributed by atoms with Crippen LogP contribution in [0.15, 0.2) is 33.3 Å². The normalized spacial score (nSPS) is 10.7. The number of nitrogens with one attached hydrogen (secondary N) is 2. The van der Waals surface area contributed by atoms with E-state index < -0.39 is 10.8 Å². The molecule has 2 amide bonds. The summed E-state index contributed by atoms with van der Waals surface area (Å²) in [6.45, 7) is 2.03. The highest BCUT2D eigenvalue weighted by Gasteiger charge is 2.25. The Morgan fingerprint density at radius 2 is 1.94 bits per heavy atom. The van der Waals surface area contributed by atoms with E-state index in [1.54, 1.807) is 14.0 Å². The summed E-state index contributed by atoms with van der Waals surface area (Å²) in [5.41, 5.74) is 1.52. The standard InChI is InChI=1S/C20H22BrN7O6/c1-12-17(21)18(28(31)32)25-27(12)11-15-24-20(34-26-15)19(30)23-10-9-22-16(29)8-5-13-3-6-14(33-2)7-4-13/h3-4,6-7H,5,8-11H2,1-2H3,(H,22,29)(H,23,30). The minimum absolute atomic E-state index is 0.0146. The van der Waals surface area contributed by atoms with Crippen LogP contribution in [-0.4, -0.2) is 56.9 Å². The summed E-state index contributed by atoms with van der Waals surface area (Å²) >= 11 is 3.13. The maximum absolute atomic E-state index is 12.2. The summed E-state index contributed by atoms with van der Waals surface area (Å²) in [6.07, 6.45) is 0.900. The molecule has 14 heteroatoms. The zero-order chi connectivity index (χ0) is 24.7. The molecular weight excluding hydrogens is 514 g/mol.